The second-order valence-electron chi connectivity index (χ2n) is 5.80. The van der Waals surface area contributed by atoms with Gasteiger partial charge in [-0.05, 0) is 26.7 Å². The molecule has 110 valence electrons. The van der Waals surface area contributed by atoms with E-state index in [1.54, 1.807) is 0 Å². The van der Waals surface area contributed by atoms with Crippen LogP contribution in [0.2, 0.25) is 0 Å². The van der Waals surface area contributed by atoms with Gasteiger partial charge in [0.25, 0.3) is 0 Å². The number of aliphatic hydroxyl groups is 1. The molecule has 0 aliphatic heterocycles. The Morgan fingerprint density at radius 3 is 2.44 bits per heavy atom. The molecule has 0 heterocycles. The van der Waals surface area contributed by atoms with E-state index in [0.29, 0.717) is 13.2 Å². The van der Waals surface area contributed by atoms with Crippen LogP contribution in [0.25, 0.3) is 0 Å². The van der Waals surface area contributed by atoms with E-state index in [0.717, 1.165) is 25.9 Å². The number of nitrogens with one attached hydrogen (secondary N) is 1. The molecule has 3 heteroatoms. The molecule has 0 saturated carbocycles. The quantitative estimate of drug-likeness (QED) is 0.529. The Bertz CT molecular complexity index is 183. The summed E-state index contributed by atoms with van der Waals surface area (Å²) in [6.45, 7) is 10.6. The minimum atomic E-state index is -0.396. The average molecular weight is 259 g/mol. The van der Waals surface area contributed by atoms with Crippen molar-refractivity contribution in [3.05, 3.63) is 0 Å². The molecule has 2 N–H and O–H groups in total. The smallest absolute Gasteiger partial charge is 0.0897 e. The first-order valence-electron chi connectivity index (χ1n) is 7.52. The minimum absolute atomic E-state index is 0.108. The van der Waals surface area contributed by atoms with Crippen LogP contribution in [-0.2, 0) is 4.74 Å². The summed E-state index contributed by atoms with van der Waals surface area (Å²) in [6, 6.07) is 0. The zero-order valence-electron chi connectivity index (χ0n) is 12.8. The van der Waals surface area contributed by atoms with Crippen molar-refractivity contribution in [3.63, 3.8) is 0 Å². The molecular formula is C15H33NO2. The van der Waals surface area contributed by atoms with Crippen LogP contribution in [-0.4, -0.2) is 36.5 Å². The van der Waals surface area contributed by atoms with Gasteiger partial charge in [0, 0.05) is 18.7 Å². The van der Waals surface area contributed by atoms with Gasteiger partial charge < -0.3 is 15.2 Å². The van der Waals surface area contributed by atoms with E-state index >= 15 is 0 Å². The lowest BCUT2D eigenvalue weighted by atomic mass is 9.99. The summed E-state index contributed by atoms with van der Waals surface area (Å²) in [4.78, 5) is 0. The predicted octanol–water partition coefficient (Wildman–Crippen LogP) is 3.11. The summed E-state index contributed by atoms with van der Waals surface area (Å²) in [5.41, 5.74) is 0.108. The normalized spacial score (nSPS) is 13.8. The molecular weight excluding hydrogens is 226 g/mol. The highest BCUT2D eigenvalue weighted by Crippen LogP contribution is 2.10. The van der Waals surface area contributed by atoms with Gasteiger partial charge >= 0.3 is 0 Å². The molecule has 0 aliphatic carbocycles. The monoisotopic (exact) mass is 259 g/mol. The van der Waals surface area contributed by atoms with Crippen LogP contribution in [0.5, 0.6) is 0 Å². The van der Waals surface area contributed by atoms with Crippen LogP contribution in [0.1, 0.15) is 66.2 Å². The van der Waals surface area contributed by atoms with Crippen molar-refractivity contribution in [2.45, 2.75) is 77.9 Å². The van der Waals surface area contributed by atoms with E-state index in [4.69, 9.17) is 4.74 Å². The summed E-state index contributed by atoms with van der Waals surface area (Å²) in [5.74, 6) is 0. The Morgan fingerprint density at radius 2 is 1.83 bits per heavy atom. The highest BCUT2D eigenvalue weighted by Gasteiger charge is 2.17. The zero-order valence-corrected chi connectivity index (χ0v) is 12.8. The molecule has 0 aromatic heterocycles. The van der Waals surface area contributed by atoms with Crippen LogP contribution >= 0.6 is 0 Å². The van der Waals surface area contributed by atoms with Gasteiger partial charge in [0.05, 0.1) is 12.7 Å². The Kier molecular flexibility index (Phi) is 10.7. The number of aliphatic hydroxyl groups excluding tert-OH is 1. The molecule has 18 heavy (non-hydrogen) atoms. The lowest BCUT2D eigenvalue weighted by molar-refractivity contribution is 0.0318. The molecule has 0 saturated heterocycles. The Morgan fingerprint density at radius 1 is 1.11 bits per heavy atom. The highest BCUT2D eigenvalue weighted by molar-refractivity contribution is 4.78. The predicted molar refractivity (Wildman–Crippen MR) is 78.0 cm³/mol. The molecule has 0 fully saturated rings. The molecule has 0 rings (SSSR count). The first-order chi connectivity index (χ1) is 8.52. The van der Waals surface area contributed by atoms with E-state index in [-0.39, 0.29) is 5.54 Å². The topological polar surface area (TPSA) is 41.5 Å². The van der Waals surface area contributed by atoms with Gasteiger partial charge in [-0.3, -0.25) is 0 Å². The lowest BCUT2D eigenvalue weighted by Gasteiger charge is -2.27. The van der Waals surface area contributed by atoms with Gasteiger partial charge in [-0.1, -0.05) is 39.5 Å². The zero-order chi connectivity index (χ0) is 13.9. The SMILES string of the molecule is CCCCCCOCC(O)CNC(C)(C)CCC. The molecule has 1 unspecified atom stereocenters. The molecule has 3 nitrogen and oxygen atoms in total. The first kappa shape index (κ1) is 17.9. The molecule has 0 amide bonds. The third-order valence-electron chi connectivity index (χ3n) is 3.14. The van der Waals surface area contributed by atoms with Crippen LogP contribution < -0.4 is 5.32 Å². The molecule has 0 aromatic rings. The van der Waals surface area contributed by atoms with Crippen molar-refractivity contribution in [3.8, 4) is 0 Å². The number of unbranched alkanes of at least 4 members (excludes halogenated alkanes) is 3. The fourth-order valence-corrected chi connectivity index (χ4v) is 2.02. The highest BCUT2D eigenvalue weighted by atomic mass is 16.5. The Labute approximate surface area is 113 Å². The van der Waals surface area contributed by atoms with Crippen molar-refractivity contribution in [2.75, 3.05) is 19.8 Å². The summed E-state index contributed by atoms with van der Waals surface area (Å²) in [5, 5.41) is 13.2. The van der Waals surface area contributed by atoms with Gasteiger partial charge in [-0.15, -0.1) is 0 Å². The van der Waals surface area contributed by atoms with Crippen molar-refractivity contribution >= 4 is 0 Å². The fraction of sp³-hybridized carbons (Fsp3) is 1.00. The molecule has 0 radical (unpaired) electrons. The average Bonchev–Trinajstić information content (AvgIpc) is 2.31. The molecule has 1 atom stereocenters. The largest absolute Gasteiger partial charge is 0.389 e. The number of hydrogen-bond acceptors (Lipinski definition) is 3. The number of ether oxygens (including phenoxy) is 1. The van der Waals surface area contributed by atoms with Crippen molar-refractivity contribution < 1.29 is 9.84 Å². The Hall–Kier alpha value is -0.120. The van der Waals surface area contributed by atoms with E-state index in [1.165, 1.54) is 19.3 Å². The van der Waals surface area contributed by atoms with E-state index < -0.39 is 6.10 Å². The van der Waals surface area contributed by atoms with Gasteiger partial charge in [-0.25, -0.2) is 0 Å². The summed E-state index contributed by atoms with van der Waals surface area (Å²) < 4.78 is 5.48. The summed E-state index contributed by atoms with van der Waals surface area (Å²) in [7, 11) is 0. The van der Waals surface area contributed by atoms with Gasteiger partial charge in [0.15, 0.2) is 0 Å². The maximum absolute atomic E-state index is 9.80. The lowest BCUT2D eigenvalue weighted by Crippen LogP contribution is -2.44. The van der Waals surface area contributed by atoms with Crippen LogP contribution in [0.4, 0.5) is 0 Å². The Balaban J connectivity index is 3.45. The molecule has 0 aromatic carbocycles. The minimum Gasteiger partial charge on any atom is -0.389 e. The number of β-amino-alcohol motifs (C(OH)–C–C–N with tert-alkyl or cyclic N) is 1. The number of hydrogen-bond donors (Lipinski definition) is 2. The van der Waals surface area contributed by atoms with Crippen molar-refractivity contribution in [1.29, 1.82) is 0 Å². The van der Waals surface area contributed by atoms with Crippen molar-refractivity contribution in [2.24, 2.45) is 0 Å². The third-order valence-corrected chi connectivity index (χ3v) is 3.14. The second kappa shape index (κ2) is 10.8. The van der Waals surface area contributed by atoms with E-state index in [2.05, 4.69) is 33.0 Å². The first-order valence-corrected chi connectivity index (χ1v) is 7.52. The van der Waals surface area contributed by atoms with Crippen molar-refractivity contribution in [1.82, 2.24) is 5.32 Å². The number of rotatable bonds is 12. The summed E-state index contributed by atoms with van der Waals surface area (Å²) in [6.07, 6.45) is 6.75. The van der Waals surface area contributed by atoms with E-state index in [1.807, 2.05) is 0 Å². The maximum atomic E-state index is 9.80. The third kappa shape index (κ3) is 11.0. The fourth-order valence-electron chi connectivity index (χ4n) is 2.02. The maximum Gasteiger partial charge on any atom is 0.0897 e. The molecule has 0 aliphatic rings. The summed E-state index contributed by atoms with van der Waals surface area (Å²) >= 11 is 0. The van der Waals surface area contributed by atoms with Crippen LogP contribution in [0.15, 0.2) is 0 Å². The van der Waals surface area contributed by atoms with Gasteiger partial charge in [-0.2, -0.15) is 0 Å². The van der Waals surface area contributed by atoms with Gasteiger partial charge in [0.1, 0.15) is 0 Å². The molecule has 0 spiro atoms. The van der Waals surface area contributed by atoms with E-state index in [9.17, 15) is 5.11 Å². The van der Waals surface area contributed by atoms with Gasteiger partial charge in [0.2, 0.25) is 0 Å². The molecule has 0 bridgehead atoms. The van der Waals surface area contributed by atoms with Crippen LogP contribution in [0.3, 0.4) is 0 Å². The van der Waals surface area contributed by atoms with Crippen LogP contribution in [0, 0.1) is 0 Å². The second-order valence-corrected chi connectivity index (χ2v) is 5.80. The standard InChI is InChI=1S/C15H33NO2/c1-5-7-8-9-11-18-13-14(17)12-16-15(3,4)10-6-2/h14,16-17H,5-13H2,1-4H3.